The lowest BCUT2D eigenvalue weighted by Gasteiger charge is -2.03. The van der Waals surface area contributed by atoms with Crippen LogP contribution in [-0.2, 0) is 12.3 Å². The highest BCUT2D eigenvalue weighted by Crippen LogP contribution is 2.28. The van der Waals surface area contributed by atoms with Gasteiger partial charge in [0.15, 0.2) is 5.16 Å². The summed E-state index contributed by atoms with van der Waals surface area (Å²) >= 11 is 1.57. The lowest BCUT2D eigenvalue weighted by atomic mass is 10.2. The summed E-state index contributed by atoms with van der Waals surface area (Å²) < 4.78 is 12.7. The van der Waals surface area contributed by atoms with Crippen molar-refractivity contribution in [1.82, 2.24) is 19.7 Å². The summed E-state index contributed by atoms with van der Waals surface area (Å²) in [5, 5.41) is 4.97. The van der Waals surface area contributed by atoms with E-state index >= 15 is 0 Å². The van der Waals surface area contributed by atoms with Crippen molar-refractivity contribution in [2.45, 2.75) is 24.4 Å². The number of thioether (sulfide) groups is 1. The molecule has 0 unspecified atom stereocenters. The standard InChI is InChI=1S/C15H16N4O2S/c1-3-19-9-8-16-15(19)22-10-13-17-14(18-21-13)11-6-4-5-7-12(11)20-2/h4-9H,3,10H2,1-2H3. The van der Waals surface area contributed by atoms with Gasteiger partial charge in [-0.3, -0.25) is 0 Å². The zero-order valence-corrected chi connectivity index (χ0v) is 13.2. The zero-order chi connectivity index (χ0) is 15.4. The van der Waals surface area contributed by atoms with Gasteiger partial charge in [-0.25, -0.2) is 4.98 Å². The first-order valence-electron chi connectivity index (χ1n) is 6.91. The Labute approximate surface area is 132 Å². The molecule has 22 heavy (non-hydrogen) atoms. The van der Waals surface area contributed by atoms with E-state index in [-0.39, 0.29) is 0 Å². The van der Waals surface area contributed by atoms with Gasteiger partial charge in [-0.15, -0.1) is 0 Å². The van der Waals surface area contributed by atoms with Crippen LogP contribution >= 0.6 is 11.8 Å². The van der Waals surface area contributed by atoms with E-state index in [1.54, 1.807) is 25.1 Å². The molecule has 2 aromatic heterocycles. The molecule has 0 aliphatic rings. The van der Waals surface area contributed by atoms with Gasteiger partial charge >= 0.3 is 0 Å². The number of para-hydroxylation sites is 1. The number of imidazole rings is 1. The molecule has 2 heterocycles. The molecule has 0 saturated carbocycles. The number of benzene rings is 1. The number of nitrogens with zero attached hydrogens (tertiary/aromatic N) is 4. The van der Waals surface area contributed by atoms with Crippen LogP contribution in [0.5, 0.6) is 5.75 Å². The molecular formula is C15H16N4O2S. The summed E-state index contributed by atoms with van der Waals surface area (Å²) in [7, 11) is 1.63. The van der Waals surface area contributed by atoms with Gasteiger partial charge in [0.25, 0.3) is 0 Å². The van der Waals surface area contributed by atoms with Crippen molar-refractivity contribution >= 4 is 11.8 Å². The number of hydrogen-bond donors (Lipinski definition) is 0. The second-order valence-corrected chi connectivity index (χ2v) is 5.44. The van der Waals surface area contributed by atoms with Gasteiger partial charge in [-0.05, 0) is 19.1 Å². The number of aromatic nitrogens is 4. The molecular weight excluding hydrogens is 300 g/mol. The van der Waals surface area contributed by atoms with Crippen LogP contribution in [0.15, 0.2) is 46.3 Å². The Morgan fingerprint density at radius 3 is 3.00 bits per heavy atom. The molecule has 0 amide bonds. The second kappa shape index (κ2) is 6.65. The van der Waals surface area contributed by atoms with Gasteiger partial charge in [-0.2, -0.15) is 4.98 Å². The van der Waals surface area contributed by atoms with Gasteiger partial charge in [0.2, 0.25) is 11.7 Å². The third-order valence-corrected chi connectivity index (χ3v) is 4.15. The summed E-state index contributed by atoms with van der Waals surface area (Å²) in [5.41, 5.74) is 0.819. The average Bonchev–Trinajstić information content (AvgIpc) is 3.21. The zero-order valence-electron chi connectivity index (χ0n) is 12.4. The molecule has 3 rings (SSSR count). The Bertz CT molecular complexity index is 753. The van der Waals surface area contributed by atoms with E-state index in [0.29, 0.717) is 17.5 Å². The molecule has 0 aliphatic heterocycles. The summed E-state index contributed by atoms with van der Waals surface area (Å²) in [5.74, 6) is 2.41. The third kappa shape index (κ3) is 2.99. The highest BCUT2D eigenvalue weighted by Gasteiger charge is 2.13. The Kier molecular flexibility index (Phi) is 4.43. The maximum absolute atomic E-state index is 5.32. The van der Waals surface area contributed by atoms with E-state index in [1.807, 2.05) is 30.5 Å². The van der Waals surface area contributed by atoms with Crippen molar-refractivity contribution in [2.24, 2.45) is 0 Å². The summed E-state index contributed by atoms with van der Waals surface area (Å²) in [6, 6.07) is 7.60. The second-order valence-electron chi connectivity index (χ2n) is 4.50. The molecule has 0 radical (unpaired) electrons. The fourth-order valence-electron chi connectivity index (χ4n) is 2.05. The molecule has 6 nitrogen and oxygen atoms in total. The number of rotatable bonds is 6. The van der Waals surface area contributed by atoms with E-state index in [0.717, 1.165) is 23.0 Å². The largest absolute Gasteiger partial charge is 0.496 e. The molecule has 114 valence electrons. The van der Waals surface area contributed by atoms with Crippen molar-refractivity contribution in [3.05, 3.63) is 42.5 Å². The average molecular weight is 316 g/mol. The van der Waals surface area contributed by atoms with Gasteiger partial charge < -0.3 is 13.8 Å². The van der Waals surface area contributed by atoms with Gasteiger partial charge in [0, 0.05) is 18.9 Å². The van der Waals surface area contributed by atoms with E-state index < -0.39 is 0 Å². The minimum Gasteiger partial charge on any atom is -0.496 e. The first kappa shape index (κ1) is 14.6. The van der Waals surface area contributed by atoms with Crippen LogP contribution in [0.1, 0.15) is 12.8 Å². The molecule has 0 aliphatic carbocycles. The first-order valence-corrected chi connectivity index (χ1v) is 7.90. The number of hydrogen-bond acceptors (Lipinski definition) is 6. The van der Waals surface area contributed by atoms with Crippen LogP contribution in [0, 0.1) is 0 Å². The van der Waals surface area contributed by atoms with Crippen molar-refractivity contribution in [3.63, 3.8) is 0 Å². The normalized spacial score (nSPS) is 10.8. The summed E-state index contributed by atoms with van der Waals surface area (Å²) in [6.45, 7) is 2.97. The van der Waals surface area contributed by atoms with Crippen LogP contribution in [0.25, 0.3) is 11.4 Å². The van der Waals surface area contributed by atoms with E-state index in [9.17, 15) is 0 Å². The maximum Gasteiger partial charge on any atom is 0.237 e. The van der Waals surface area contributed by atoms with E-state index in [2.05, 4.69) is 26.6 Å². The Hall–Kier alpha value is -2.28. The lowest BCUT2D eigenvalue weighted by molar-refractivity contribution is 0.390. The van der Waals surface area contributed by atoms with Crippen LogP contribution in [-0.4, -0.2) is 26.8 Å². The number of methoxy groups -OCH3 is 1. The molecule has 0 bridgehead atoms. The molecule has 0 fully saturated rings. The molecule has 0 N–H and O–H groups in total. The summed E-state index contributed by atoms with van der Waals surface area (Å²) in [4.78, 5) is 8.74. The summed E-state index contributed by atoms with van der Waals surface area (Å²) in [6.07, 6.45) is 3.75. The highest BCUT2D eigenvalue weighted by atomic mass is 32.2. The third-order valence-electron chi connectivity index (χ3n) is 3.16. The lowest BCUT2D eigenvalue weighted by Crippen LogP contribution is -1.95. The Morgan fingerprint density at radius 1 is 1.32 bits per heavy atom. The first-order chi connectivity index (χ1) is 10.8. The van der Waals surface area contributed by atoms with Crippen molar-refractivity contribution < 1.29 is 9.26 Å². The fraction of sp³-hybridized carbons (Fsp3) is 0.267. The van der Waals surface area contributed by atoms with Gasteiger partial charge in [0.05, 0.1) is 18.4 Å². The van der Waals surface area contributed by atoms with Crippen LogP contribution in [0.4, 0.5) is 0 Å². The highest BCUT2D eigenvalue weighted by molar-refractivity contribution is 7.98. The Balaban J connectivity index is 1.74. The van der Waals surface area contributed by atoms with Crippen molar-refractivity contribution in [2.75, 3.05) is 7.11 Å². The smallest absolute Gasteiger partial charge is 0.237 e. The minimum absolute atomic E-state index is 0.534. The predicted octanol–water partition coefficient (Wildman–Crippen LogP) is 3.25. The predicted molar refractivity (Wildman–Crippen MR) is 83.7 cm³/mol. The minimum atomic E-state index is 0.534. The van der Waals surface area contributed by atoms with Crippen molar-refractivity contribution in [3.8, 4) is 17.1 Å². The molecule has 1 aromatic carbocycles. The number of aryl methyl sites for hydroxylation is 1. The molecule has 0 atom stereocenters. The number of ether oxygens (including phenoxy) is 1. The quantitative estimate of drug-likeness (QED) is 0.650. The Morgan fingerprint density at radius 2 is 2.18 bits per heavy atom. The van der Waals surface area contributed by atoms with E-state index in [4.69, 9.17) is 9.26 Å². The molecule has 3 aromatic rings. The monoisotopic (exact) mass is 316 g/mol. The molecule has 0 saturated heterocycles. The van der Waals surface area contributed by atoms with Gasteiger partial charge in [-0.1, -0.05) is 29.1 Å². The van der Waals surface area contributed by atoms with Crippen LogP contribution in [0.2, 0.25) is 0 Å². The molecule has 7 heteroatoms. The topological polar surface area (TPSA) is 66.0 Å². The van der Waals surface area contributed by atoms with Crippen LogP contribution in [0.3, 0.4) is 0 Å². The van der Waals surface area contributed by atoms with Crippen molar-refractivity contribution in [1.29, 1.82) is 0 Å². The maximum atomic E-state index is 5.32. The van der Waals surface area contributed by atoms with E-state index in [1.165, 1.54) is 0 Å². The molecule has 0 spiro atoms. The fourth-order valence-corrected chi connectivity index (χ4v) is 2.92. The van der Waals surface area contributed by atoms with Crippen LogP contribution < -0.4 is 4.74 Å². The van der Waals surface area contributed by atoms with Gasteiger partial charge in [0.1, 0.15) is 5.75 Å². The SMILES string of the molecule is CCn1ccnc1SCc1nc(-c2ccccc2OC)no1.